The monoisotopic (exact) mass is 690 g/mol. The van der Waals surface area contributed by atoms with E-state index >= 15 is 17.6 Å². The number of ether oxygens (including phenoxy) is 1. The molecule has 0 N–H and O–H groups in total. The van der Waals surface area contributed by atoms with Gasteiger partial charge in [-0.15, -0.1) is 0 Å². The summed E-state index contributed by atoms with van der Waals surface area (Å²) in [7, 11) is 0. The lowest BCUT2D eigenvalue weighted by Gasteiger charge is -2.20. The van der Waals surface area contributed by atoms with Crippen LogP contribution in [0.3, 0.4) is 0 Å². The van der Waals surface area contributed by atoms with E-state index in [0.29, 0.717) is 29.3 Å². The second-order valence-corrected chi connectivity index (χ2v) is 11.5. The predicted molar refractivity (Wildman–Crippen MR) is 166 cm³/mol. The maximum absolute atomic E-state index is 15.1. The van der Waals surface area contributed by atoms with Crippen LogP contribution in [0.15, 0.2) is 91.0 Å². The molecule has 0 fully saturated rings. The molecular weight excluding hydrogens is 662 g/mol. The summed E-state index contributed by atoms with van der Waals surface area (Å²) < 4.78 is 146. The molecule has 0 aliphatic heterocycles. The molecule has 5 aromatic carbocycles. The van der Waals surface area contributed by atoms with E-state index in [2.05, 4.69) is 11.7 Å². The quantitative estimate of drug-likeness (QED) is 0.0990. The standard InChI is InChI=1S/C38H28F10O/c1-2-3-4-5-22-6-8-23(9-7-22)24-11-15-31(36(43)16-24)38(47,48)49-27-12-14-28(35(42)20-27)25-10-13-29(32(39)17-25)26-18-33(40)30(34(41)19-26)21-37(44,45)46/h6-20H,2-5,21H2,1H3. The van der Waals surface area contributed by atoms with Gasteiger partial charge in [0.25, 0.3) is 0 Å². The van der Waals surface area contributed by atoms with Crippen LogP contribution in [0.25, 0.3) is 33.4 Å². The van der Waals surface area contributed by atoms with Crippen molar-refractivity contribution in [3.63, 3.8) is 0 Å². The number of benzene rings is 5. The molecule has 0 heterocycles. The van der Waals surface area contributed by atoms with Crippen molar-refractivity contribution in [1.29, 1.82) is 0 Å². The van der Waals surface area contributed by atoms with Crippen LogP contribution in [0.1, 0.15) is 42.9 Å². The molecule has 0 atom stereocenters. The topological polar surface area (TPSA) is 9.23 Å². The Hall–Kier alpha value is -4.80. The Morgan fingerprint density at radius 1 is 0.531 bits per heavy atom. The van der Waals surface area contributed by atoms with Gasteiger partial charge in [-0.2, -0.15) is 22.0 Å². The molecule has 0 bridgehead atoms. The third kappa shape index (κ3) is 8.44. The molecule has 0 saturated carbocycles. The van der Waals surface area contributed by atoms with E-state index in [1.165, 1.54) is 12.1 Å². The van der Waals surface area contributed by atoms with Crippen LogP contribution in [0.2, 0.25) is 0 Å². The van der Waals surface area contributed by atoms with E-state index < -0.39 is 70.2 Å². The highest BCUT2D eigenvalue weighted by atomic mass is 19.4. The van der Waals surface area contributed by atoms with Crippen molar-refractivity contribution in [2.24, 2.45) is 0 Å². The van der Waals surface area contributed by atoms with E-state index in [9.17, 15) is 26.3 Å². The second kappa shape index (κ2) is 14.4. The van der Waals surface area contributed by atoms with Gasteiger partial charge in [0, 0.05) is 22.8 Å². The zero-order chi connectivity index (χ0) is 35.5. The van der Waals surface area contributed by atoms with Gasteiger partial charge in [0.1, 0.15) is 34.8 Å². The van der Waals surface area contributed by atoms with Crippen molar-refractivity contribution < 1.29 is 48.6 Å². The van der Waals surface area contributed by atoms with E-state index in [4.69, 9.17) is 0 Å². The first-order chi connectivity index (χ1) is 23.1. The van der Waals surface area contributed by atoms with Crippen molar-refractivity contribution >= 4 is 0 Å². The first-order valence-electron chi connectivity index (χ1n) is 15.3. The highest BCUT2D eigenvalue weighted by Gasteiger charge is 2.38. The van der Waals surface area contributed by atoms with E-state index in [1.807, 2.05) is 12.1 Å². The Bertz CT molecular complexity index is 1930. The number of hydrogen-bond donors (Lipinski definition) is 0. The van der Waals surface area contributed by atoms with Gasteiger partial charge in [-0.1, -0.05) is 62.2 Å². The number of rotatable bonds is 11. The van der Waals surface area contributed by atoms with Gasteiger partial charge in [-0.25, -0.2) is 22.0 Å². The van der Waals surface area contributed by atoms with Crippen LogP contribution < -0.4 is 4.74 Å². The molecule has 0 unspecified atom stereocenters. The van der Waals surface area contributed by atoms with Crippen molar-refractivity contribution in [1.82, 2.24) is 0 Å². The number of unbranched alkanes of at least 4 members (excludes halogenated alkanes) is 2. The van der Waals surface area contributed by atoms with Crippen LogP contribution in [0, 0.1) is 29.1 Å². The van der Waals surface area contributed by atoms with Gasteiger partial charge in [-0.05, 0) is 83.1 Å². The Morgan fingerprint density at radius 2 is 1.08 bits per heavy atom. The largest absolute Gasteiger partial charge is 0.429 e. The Labute approximate surface area is 275 Å². The number of halogens is 10. The average molecular weight is 691 g/mol. The normalized spacial score (nSPS) is 12.0. The van der Waals surface area contributed by atoms with E-state index in [0.717, 1.165) is 67.6 Å². The van der Waals surface area contributed by atoms with Crippen LogP contribution in [0.4, 0.5) is 43.9 Å². The fourth-order valence-electron chi connectivity index (χ4n) is 5.41. The van der Waals surface area contributed by atoms with Crippen molar-refractivity contribution in [3.8, 4) is 39.1 Å². The maximum Gasteiger partial charge on any atom is 0.429 e. The average Bonchev–Trinajstić information content (AvgIpc) is 3.02. The molecular formula is C38H28F10O. The number of aryl methyl sites for hydroxylation is 1. The molecule has 0 amide bonds. The van der Waals surface area contributed by atoms with Crippen molar-refractivity contribution in [2.75, 3.05) is 0 Å². The Morgan fingerprint density at radius 3 is 1.67 bits per heavy atom. The molecule has 11 heteroatoms. The van der Waals surface area contributed by atoms with Gasteiger partial charge in [-0.3, -0.25) is 0 Å². The minimum absolute atomic E-state index is 0.0951. The Kier molecular flexibility index (Phi) is 10.4. The van der Waals surface area contributed by atoms with E-state index in [1.54, 1.807) is 12.1 Å². The van der Waals surface area contributed by atoms with Crippen LogP contribution >= 0.6 is 0 Å². The third-order valence-electron chi connectivity index (χ3n) is 7.93. The van der Waals surface area contributed by atoms with Crippen LogP contribution in [0.5, 0.6) is 5.75 Å². The Balaban J connectivity index is 1.31. The summed E-state index contributed by atoms with van der Waals surface area (Å²) >= 11 is 0. The van der Waals surface area contributed by atoms with Crippen LogP contribution in [-0.4, -0.2) is 6.18 Å². The zero-order valence-electron chi connectivity index (χ0n) is 25.9. The molecule has 0 aliphatic rings. The summed E-state index contributed by atoms with van der Waals surface area (Å²) in [6.07, 6.45) is -6.81. The molecule has 0 aliphatic carbocycles. The summed E-state index contributed by atoms with van der Waals surface area (Å²) in [6, 6.07) is 17.3. The summed E-state index contributed by atoms with van der Waals surface area (Å²) in [5, 5.41) is 0. The first kappa shape index (κ1) is 35.5. The number of alkyl halides is 5. The molecule has 0 saturated heterocycles. The second-order valence-electron chi connectivity index (χ2n) is 11.5. The molecule has 0 spiro atoms. The molecule has 1 nitrogen and oxygen atoms in total. The lowest BCUT2D eigenvalue weighted by molar-refractivity contribution is -0.187. The summed E-state index contributed by atoms with van der Waals surface area (Å²) in [6.45, 7) is 2.11. The third-order valence-corrected chi connectivity index (χ3v) is 7.93. The highest BCUT2D eigenvalue weighted by Crippen LogP contribution is 2.38. The summed E-state index contributed by atoms with van der Waals surface area (Å²) in [4.78, 5) is 0. The molecule has 0 radical (unpaired) electrons. The molecule has 256 valence electrons. The maximum atomic E-state index is 15.1. The minimum Gasteiger partial charge on any atom is -0.429 e. The van der Waals surface area contributed by atoms with Gasteiger partial charge in [0.2, 0.25) is 0 Å². The van der Waals surface area contributed by atoms with Gasteiger partial charge < -0.3 is 4.74 Å². The SMILES string of the molecule is CCCCCc1ccc(-c2ccc(C(F)(F)Oc3ccc(-c4ccc(-c5cc(F)c(CC(F)(F)F)c(F)c5)c(F)c4)c(F)c3)c(F)c2)cc1. The summed E-state index contributed by atoms with van der Waals surface area (Å²) in [5.41, 5.74) is -1.31. The molecule has 49 heavy (non-hydrogen) atoms. The smallest absolute Gasteiger partial charge is 0.429 e. The van der Waals surface area contributed by atoms with Gasteiger partial charge >= 0.3 is 12.3 Å². The fourth-order valence-corrected chi connectivity index (χ4v) is 5.41. The van der Waals surface area contributed by atoms with Gasteiger partial charge in [0.05, 0.1) is 12.0 Å². The van der Waals surface area contributed by atoms with E-state index in [-0.39, 0.29) is 16.7 Å². The van der Waals surface area contributed by atoms with Gasteiger partial charge in [0.15, 0.2) is 0 Å². The highest BCUT2D eigenvalue weighted by molar-refractivity contribution is 5.72. The predicted octanol–water partition coefficient (Wildman–Crippen LogP) is 12.3. The molecule has 5 rings (SSSR count). The molecule has 0 aromatic heterocycles. The zero-order valence-corrected chi connectivity index (χ0v) is 25.9. The first-order valence-corrected chi connectivity index (χ1v) is 15.3. The van der Waals surface area contributed by atoms with Crippen LogP contribution in [-0.2, 0) is 19.0 Å². The number of hydrogen-bond acceptors (Lipinski definition) is 1. The fraction of sp³-hybridized carbons (Fsp3) is 0.211. The molecule has 5 aromatic rings. The van der Waals surface area contributed by atoms with Crippen molar-refractivity contribution in [3.05, 3.63) is 137 Å². The minimum atomic E-state index is -4.88. The lowest BCUT2D eigenvalue weighted by atomic mass is 9.97. The van der Waals surface area contributed by atoms with Crippen molar-refractivity contribution in [2.45, 2.75) is 51.3 Å². The summed E-state index contributed by atoms with van der Waals surface area (Å²) in [5.74, 6) is -7.14. The lowest BCUT2D eigenvalue weighted by Crippen LogP contribution is -2.23.